The lowest BCUT2D eigenvalue weighted by Crippen LogP contribution is -2.55. The number of likely N-dealkylation sites (tertiary alicyclic amines) is 1. The Labute approximate surface area is 215 Å². The van der Waals surface area contributed by atoms with Crippen LogP contribution in [0.5, 0.6) is 0 Å². The molecule has 0 aliphatic carbocycles. The van der Waals surface area contributed by atoms with Gasteiger partial charge in [-0.25, -0.2) is 0 Å². The van der Waals surface area contributed by atoms with Crippen molar-refractivity contribution in [2.24, 2.45) is 0 Å². The minimum Gasteiger partial charge on any atom is -0.343 e. The smallest absolute Gasteiger partial charge is 0.245 e. The van der Waals surface area contributed by atoms with Gasteiger partial charge in [-0.3, -0.25) is 14.4 Å². The number of hydrogen-bond acceptors (Lipinski definition) is 4. The maximum atomic E-state index is 13.6. The highest BCUT2D eigenvalue weighted by Gasteiger charge is 2.38. The number of likely N-dealkylation sites (N-methyl/N-ethyl adjacent to an activating group) is 1. The number of nitrogens with zero attached hydrogens (tertiary/aromatic N) is 1. The van der Waals surface area contributed by atoms with E-state index in [2.05, 4.69) is 22.9 Å². The van der Waals surface area contributed by atoms with Crippen LogP contribution < -0.4 is 16.0 Å². The molecule has 1 aliphatic rings. The van der Waals surface area contributed by atoms with Gasteiger partial charge in [0, 0.05) is 6.54 Å². The molecular weight excluding hydrogens is 452 g/mol. The Morgan fingerprint density at radius 2 is 1.56 bits per heavy atom. The average Bonchev–Trinajstić information content (AvgIpc) is 3.41. The van der Waals surface area contributed by atoms with Crippen molar-refractivity contribution in [3.8, 4) is 0 Å². The summed E-state index contributed by atoms with van der Waals surface area (Å²) in [4.78, 5) is 41.5. The van der Waals surface area contributed by atoms with Crippen molar-refractivity contribution in [2.75, 3.05) is 13.6 Å². The molecular formula is C29H40N4O3. The van der Waals surface area contributed by atoms with Crippen LogP contribution in [0, 0.1) is 0 Å². The molecule has 3 rings (SSSR count). The summed E-state index contributed by atoms with van der Waals surface area (Å²) in [5, 5.41) is 9.06. The maximum absolute atomic E-state index is 13.6. The molecule has 7 nitrogen and oxygen atoms in total. The van der Waals surface area contributed by atoms with Crippen LogP contribution >= 0.6 is 0 Å². The lowest BCUT2D eigenvalue weighted by atomic mass is 9.98. The molecule has 36 heavy (non-hydrogen) atoms. The average molecular weight is 493 g/mol. The molecule has 7 heteroatoms. The summed E-state index contributed by atoms with van der Waals surface area (Å²) in [5.41, 5.74) is 1.97. The summed E-state index contributed by atoms with van der Waals surface area (Å²) in [5.74, 6) is -0.544. The van der Waals surface area contributed by atoms with Gasteiger partial charge >= 0.3 is 0 Å². The number of carbonyl (C=O) groups excluding carboxylic acids is 3. The molecule has 1 saturated heterocycles. The Balaban J connectivity index is 1.77. The first-order valence-corrected chi connectivity index (χ1v) is 13.1. The topological polar surface area (TPSA) is 90.5 Å². The zero-order valence-electron chi connectivity index (χ0n) is 21.7. The van der Waals surface area contributed by atoms with Crippen LogP contribution in [0.3, 0.4) is 0 Å². The van der Waals surface area contributed by atoms with E-state index in [1.165, 1.54) is 0 Å². The second-order valence-electron chi connectivity index (χ2n) is 9.52. The molecule has 0 radical (unpaired) electrons. The number of unbranched alkanes of at least 4 members (excludes halogenated alkanes) is 2. The van der Waals surface area contributed by atoms with Crippen LogP contribution in [-0.2, 0) is 14.4 Å². The van der Waals surface area contributed by atoms with Gasteiger partial charge in [-0.15, -0.1) is 0 Å². The van der Waals surface area contributed by atoms with Gasteiger partial charge in [0.25, 0.3) is 0 Å². The van der Waals surface area contributed by atoms with Gasteiger partial charge in [-0.2, -0.15) is 0 Å². The lowest BCUT2D eigenvalue weighted by molar-refractivity contribution is -0.142. The molecule has 0 aromatic heterocycles. The predicted octanol–water partition coefficient (Wildman–Crippen LogP) is 3.56. The van der Waals surface area contributed by atoms with Gasteiger partial charge in [0.15, 0.2) is 0 Å². The van der Waals surface area contributed by atoms with E-state index in [1.807, 2.05) is 60.7 Å². The number of nitrogens with one attached hydrogen (secondary N) is 3. The first-order chi connectivity index (χ1) is 17.5. The highest BCUT2D eigenvalue weighted by molar-refractivity contribution is 5.93. The fourth-order valence-corrected chi connectivity index (χ4v) is 4.68. The van der Waals surface area contributed by atoms with Crippen molar-refractivity contribution in [2.45, 2.75) is 76.5 Å². The molecule has 3 amide bonds. The van der Waals surface area contributed by atoms with Crippen molar-refractivity contribution in [1.29, 1.82) is 0 Å². The minimum atomic E-state index is -0.632. The summed E-state index contributed by atoms with van der Waals surface area (Å²) in [6.45, 7) is 4.39. The minimum absolute atomic E-state index is 0.166. The van der Waals surface area contributed by atoms with Crippen LogP contribution in [0.1, 0.15) is 69.5 Å². The molecule has 2 aromatic rings. The van der Waals surface area contributed by atoms with Gasteiger partial charge in [-0.05, 0) is 44.4 Å². The molecule has 0 unspecified atom stereocenters. The van der Waals surface area contributed by atoms with E-state index in [0.29, 0.717) is 19.4 Å². The molecule has 0 saturated carbocycles. The van der Waals surface area contributed by atoms with Gasteiger partial charge < -0.3 is 20.9 Å². The largest absolute Gasteiger partial charge is 0.343 e. The van der Waals surface area contributed by atoms with E-state index < -0.39 is 18.1 Å². The number of amides is 3. The molecule has 1 heterocycles. The van der Waals surface area contributed by atoms with E-state index in [0.717, 1.165) is 36.8 Å². The third-order valence-electron chi connectivity index (χ3n) is 6.93. The summed E-state index contributed by atoms with van der Waals surface area (Å²) < 4.78 is 0. The second kappa shape index (κ2) is 13.8. The van der Waals surface area contributed by atoms with Crippen LogP contribution in [0.2, 0.25) is 0 Å². The van der Waals surface area contributed by atoms with E-state index >= 15 is 0 Å². The molecule has 2 aromatic carbocycles. The van der Waals surface area contributed by atoms with Crippen LogP contribution in [0.4, 0.5) is 0 Å². The normalized spacial score (nSPS) is 17.0. The van der Waals surface area contributed by atoms with Gasteiger partial charge in [0.1, 0.15) is 12.1 Å². The molecule has 1 fully saturated rings. The van der Waals surface area contributed by atoms with Crippen molar-refractivity contribution in [1.82, 2.24) is 20.9 Å². The van der Waals surface area contributed by atoms with Gasteiger partial charge in [0.2, 0.25) is 17.7 Å². The van der Waals surface area contributed by atoms with Crippen molar-refractivity contribution >= 4 is 17.7 Å². The first-order valence-electron chi connectivity index (χ1n) is 13.1. The molecule has 0 spiro atoms. The predicted molar refractivity (Wildman–Crippen MR) is 142 cm³/mol. The van der Waals surface area contributed by atoms with E-state index in [4.69, 9.17) is 0 Å². The lowest BCUT2D eigenvalue weighted by Gasteiger charge is -2.30. The monoisotopic (exact) mass is 492 g/mol. The Hall–Kier alpha value is -3.19. The third kappa shape index (κ3) is 7.17. The first kappa shape index (κ1) is 27.4. The fraction of sp³-hybridized carbons (Fsp3) is 0.483. The molecule has 3 N–H and O–H groups in total. The van der Waals surface area contributed by atoms with Gasteiger partial charge in [0.05, 0.1) is 12.1 Å². The zero-order valence-corrected chi connectivity index (χ0v) is 21.7. The number of benzene rings is 2. The Bertz CT molecular complexity index is 943. The fourth-order valence-electron chi connectivity index (χ4n) is 4.68. The summed E-state index contributed by atoms with van der Waals surface area (Å²) in [6, 6.07) is 17.8. The number of hydrogen-bond donors (Lipinski definition) is 3. The highest BCUT2D eigenvalue weighted by atomic mass is 16.2. The Morgan fingerprint density at radius 1 is 0.944 bits per heavy atom. The zero-order chi connectivity index (χ0) is 25.9. The van der Waals surface area contributed by atoms with Crippen LogP contribution in [0.25, 0.3) is 0 Å². The highest BCUT2D eigenvalue weighted by Crippen LogP contribution is 2.25. The molecule has 0 bridgehead atoms. The Morgan fingerprint density at radius 3 is 2.11 bits per heavy atom. The SMILES string of the molecule is CCCCC[C@H](NC(=O)[C@H](C)NC)C(=O)N1CCC[C@H]1C(=O)NC(c1ccccc1)c1ccccc1. The van der Waals surface area contributed by atoms with E-state index in [9.17, 15) is 14.4 Å². The number of carbonyl (C=O) groups is 3. The summed E-state index contributed by atoms with van der Waals surface area (Å²) >= 11 is 0. The third-order valence-corrected chi connectivity index (χ3v) is 6.93. The quantitative estimate of drug-likeness (QED) is 0.395. The summed E-state index contributed by atoms with van der Waals surface area (Å²) in [6.07, 6.45) is 4.79. The van der Waals surface area contributed by atoms with Crippen LogP contribution in [0.15, 0.2) is 60.7 Å². The molecule has 3 atom stereocenters. The van der Waals surface area contributed by atoms with Crippen LogP contribution in [-0.4, -0.2) is 54.3 Å². The molecule has 1 aliphatic heterocycles. The van der Waals surface area contributed by atoms with E-state index in [-0.39, 0.29) is 23.8 Å². The Kier molecular flexibility index (Phi) is 10.5. The van der Waals surface area contributed by atoms with E-state index in [1.54, 1.807) is 18.9 Å². The van der Waals surface area contributed by atoms with Crippen molar-refractivity contribution in [3.05, 3.63) is 71.8 Å². The van der Waals surface area contributed by atoms with Gasteiger partial charge in [-0.1, -0.05) is 86.8 Å². The van der Waals surface area contributed by atoms with Crippen molar-refractivity contribution in [3.63, 3.8) is 0 Å². The second-order valence-corrected chi connectivity index (χ2v) is 9.52. The molecule has 194 valence electrons. The number of rotatable bonds is 12. The maximum Gasteiger partial charge on any atom is 0.245 e. The van der Waals surface area contributed by atoms with Crippen molar-refractivity contribution < 1.29 is 14.4 Å². The standard InChI is InChI=1S/C29H40N4O3/c1-4-5-8-18-24(31-27(34)21(2)30-3)29(36)33-20-13-19-25(33)28(35)32-26(22-14-9-6-10-15-22)23-16-11-7-12-17-23/h6-7,9-12,14-17,21,24-26,30H,4-5,8,13,18-20H2,1-3H3,(H,31,34)(H,32,35)/t21-,24-,25-/m0/s1. The summed E-state index contributed by atoms with van der Waals surface area (Å²) in [7, 11) is 1.72.